The summed E-state index contributed by atoms with van der Waals surface area (Å²) in [7, 11) is 3.47. The van der Waals surface area contributed by atoms with E-state index in [0.717, 1.165) is 49.8 Å². The van der Waals surface area contributed by atoms with Crippen LogP contribution in [-0.4, -0.2) is 39.8 Å². The van der Waals surface area contributed by atoms with Gasteiger partial charge in [0.05, 0.1) is 13.7 Å². The van der Waals surface area contributed by atoms with Crippen LogP contribution in [0.5, 0.6) is 11.5 Å². The van der Waals surface area contributed by atoms with Gasteiger partial charge in [-0.3, -0.25) is 4.99 Å². The van der Waals surface area contributed by atoms with Crippen LogP contribution in [0.1, 0.15) is 39.2 Å². The van der Waals surface area contributed by atoms with E-state index in [9.17, 15) is 0 Å². The molecule has 0 saturated carbocycles. The molecule has 0 spiro atoms. The summed E-state index contributed by atoms with van der Waals surface area (Å²) in [5, 5.41) is 6.70. The number of ether oxygens (including phenoxy) is 2. The highest BCUT2D eigenvalue weighted by molar-refractivity contribution is 5.79. The number of hydrogen-bond donors (Lipinski definition) is 2. The Morgan fingerprint density at radius 2 is 1.92 bits per heavy atom. The first kappa shape index (κ1) is 20.1. The van der Waals surface area contributed by atoms with Crippen LogP contribution in [0, 0.1) is 5.92 Å². The number of aliphatic imine (C=N–C) groups is 1. The monoisotopic (exact) mass is 335 g/mol. The van der Waals surface area contributed by atoms with Crippen LogP contribution in [0.15, 0.2) is 23.2 Å². The maximum atomic E-state index is 5.62. The second-order valence-corrected chi connectivity index (χ2v) is 6.13. The molecule has 0 aliphatic carbocycles. The van der Waals surface area contributed by atoms with Crippen molar-refractivity contribution in [1.82, 2.24) is 10.6 Å². The molecule has 0 heterocycles. The Bertz CT molecular complexity index is 501. The number of aryl methyl sites for hydroxylation is 1. The molecular formula is C19H33N3O2. The van der Waals surface area contributed by atoms with E-state index < -0.39 is 0 Å². The summed E-state index contributed by atoms with van der Waals surface area (Å²) in [5.41, 5.74) is 1.25. The van der Waals surface area contributed by atoms with Crippen molar-refractivity contribution in [2.75, 3.05) is 33.9 Å². The third-order valence-corrected chi connectivity index (χ3v) is 3.70. The first-order chi connectivity index (χ1) is 11.6. The van der Waals surface area contributed by atoms with E-state index in [1.807, 2.05) is 20.0 Å². The van der Waals surface area contributed by atoms with Gasteiger partial charge in [0.25, 0.3) is 0 Å². The molecule has 0 atom stereocenters. The number of nitrogens with one attached hydrogen (secondary N) is 2. The number of hydrogen-bond acceptors (Lipinski definition) is 3. The molecule has 0 radical (unpaired) electrons. The molecule has 1 rings (SSSR count). The smallest absolute Gasteiger partial charge is 0.190 e. The van der Waals surface area contributed by atoms with Gasteiger partial charge in [0.1, 0.15) is 0 Å². The number of nitrogens with zero attached hydrogens (tertiary/aromatic N) is 1. The molecule has 2 N–H and O–H groups in total. The fourth-order valence-corrected chi connectivity index (χ4v) is 2.34. The van der Waals surface area contributed by atoms with Gasteiger partial charge in [-0.2, -0.15) is 0 Å². The maximum Gasteiger partial charge on any atom is 0.190 e. The van der Waals surface area contributed by atoms with Crippen molar-refractivity contribution < 1.29 is 9.47 Å². The average molecular weight is 335 g/mol. The van der Waals surface area contributed by atoms with E-state index in [1.165, 1.54) is 5.56 Å². The number of benzene rings is 1. The van der Waals surface area contributed by atoms with Gasteiger partial charge >= 0.3 is 0 Å². The lowest BCUT2D eigenvalue weighted by atomic mass is 10.1. The Kier molecular flexibility index (Phi) is 9.73. The Morgan fingerprint density at radius 3 is 2.54 bits per heavy atom. The van der Waals surface area contributed by atoms with Crippen LogP contribution >= 0.6 is 0 Å². The molecule has 0 amide bonds. The number of methoxy groups -OCH3 is 1. The van der Waals surface area contributed by atoms with Crippen LogP contribution < -0.4 is 20.1 Å². The summed E-state index contributed by atoms with van der Waals surface area (Å²) < 4.78 is 10.9. The fourth-order valence-electron chi connectivity index (χ4n) is 2.34. The molecule has 0 unspecified atom stereocenters. The SMILES string of the molecule is CCOc1cc(CCCNC(=NC)NCCC(C)C)ccc1OC. The molecule has 0 bridgehead atoms. The zero-order chi connectivity index (χ0) is 17.8. The van der Waals surface area contributed by atoms with Gasteiger partial charge in [0.15, 0.2) is 17.5 Å². The van der Waals surface area contributed by atoms with Gasteiger partial charge in [0.2, 0.25) is 0 Å². The Hall–Kier alpha value is -1.91. The molecule has 0 aromatic heterocycles. The van der Waals surface area contributed by atoms with Crippen molar-refractivity contribution in [2.24, 2.45) is 10.9 Å². The minimum Gasteiger partial charge on any atom is -0.493 e. The molecule has 0 saturated heterocycles. The third-order valence-electron chi connectivity index (χ3n) is 3.70. The molecule has 1 aromatic rings. The van der Waals surface area contributed by atoms with Crippen LogP contribution in [0.25, 0.3) is 0 Å². The van der Waals surface area contributed by atoms with Crippen molar-refractivity contribution in [1.29, 1.82) is 0 Å². The zero-order valence-corrected chi connectivity index (χ0v) is 15.8. The largest absolute Gasteiger partial charge is 0.493 e. The van der Waals surface area contributed by atoms with Crippen LogP contribution in [-0.2, 0) is 6.42 Å². The predicted molar refractivity (Wildman–Crippen MR) is 101 cm³/mol. The molecule has 1 aromatic carbocycles. The number of guanidine groups is 1. The van der Waals surface area contributed by atoms with Crippen LogP contribution in [0.3, 0.4) is 0 Å². The highest BCUT2D eigenvalue weighted by Gasteiger charge is 2.05. The van der Waals surface area contributed by atoms with Gasteiger partial charge in [0, 0.05) is 20.1 Å². The van der Waals surface area contributed by atoms with Gasteiger partial charge in [-0.15, -0.1) is 0 Å². The molecule has 136 valence electrons. The third kappa shape index (κ3) is 7.57. The minimum absolute atomic E-state index is 0.639. The van der Waals surface area contributed by atoms with Crippen molar-refractivity contribution in [2.45, 2.75) is 40.0 Å². The maximum absolute atomic E-state index is 5.62. The zero-order valence-electron chi connectivity index (χ0n) is 15.8. The highest BCUT2D eigenvalue weighted by atomic mass is 16.5. The van der Waals surface area contributed by atoms with E-state index in [2.05, 4.69) is 41.6 Å². The molecule has 24 heavy (non-hydrogen) atoms. The lowest BCUT2D eigenvalue weighted by molar-refractivity contribution is 0.310. The van der Waals surface area contributed by atoms with Crippen molar-refractivity contribution >= 4 is 5.96 Å². The van der Waals surface area contributed by atoms with Crippen LogP contribution in [0.2, 0.25) is 0 Å². The second kappa shape index (κ2) is 11.6. The highest BCUT2D eigenvalue weighted by Crippen LogP contribution is 2.28. The summed E-state index contributed by atoms with van der Waals surface area (Å²) in [5.74, 6) is 3.18. The van der Waals surface area contributed by atoms with E-state index in [-0.39, 0.29) is 0 Å². The Balaban J connectivity index is 2.37. The van der Waals surface area contributed by atoms with Crippen LogP contribution in [0.4, 0.5) is 0 Å². The van der Waals surface area contributed by atoms with Gasteiger partial charge in [-0.1, -0.05) is 19.9 Å². The molecular weight excluding hydrogens is 302 g/mol. The standard InChI is InChI=1S/C19H33N3O2/c1-6-24-18-14-16(9-10-17(18)23-5)8-7-12-21-19(20-4)22-13-11-15(2)3/h9-10,14-15H,6-8,11-13H2,1-5H3,(H2,20,21,22). The average Bonchev–Trinajstić information content (AvgIpc) is 2.57. The summed E-state index contributed by atoms with van der Waals surface area (Å²) in [6, 6.07) is 6.13. The van der Waals surface area contributed by atoms with Crippen molar-refractivity contribution in [3.05, 3.63) is 23.8 Å². The summed E-state index contributed by atoms with van der Waals surface area (Å²) in [4.78, 5) is 4.25. The second-order valence-electron chi connectivity index (χ2n) is 6.13. The van der Waals surface area contributed by atoms with E-state index >= 15 is 0 Å². The minimum atomic E-state index is 0.639. The quantitative estimate of drug-likeness (QED) is 0.391. The lowest BCUT2D eigenvalue weighted by Crippen LogP contribution is -2.38. The molecule has 0 fully saturated rings. The summed E-state index contributed by atoms with van der Waals surface area (Å²) in [6.07, 6.45) is 3.16. The molecule has 5 nitrogen and oxygen atoms in total. The van der Waals surface area contributed by atoms with E-state index in [0.29, 0.717) is 12.5 Å². The Morgan fingerprint density at radius 1 is 1.17 bits per heavy atom. The first-order valence-corrected chi connectivity index (χ1v) is 8.84. The van der Waals surface area contributed by atoms with E-state index in [1.54, 1.807) is 7.11 Å². The normalized spacial score (nSPS) is 11.5. The van der Waals surface area contributed by atoms with Gasteiger partial charge in [-0.05, 0) is 49.8 Å². The Labute approximate surface area is 146 Å². The lowest BCUT2D eigenvalue weighted by Gasteiger charge is -2.13. The topological polar surface area (TPSA) is 54.9 Å². The van der Waals surface area contributed by atoms with Crippen molar-refractivity contribution in [3.63, 3.8) is 0 Å². The number of rotatable bonds is 10. The predicted octanol–water partition coefficient (Wildman–Crippen LogP) is 3.24. The molecule has 5 heteroatoms. The van der Waals surface area contributed by atoms with Crippen molar-refractivity contribution in [3.8, 4) is 11.5 Å². The van der Waals surface area contributed by atoms with Gasteiger partial charge < -0.3 is 20.1 Å². The van der Waals surface area contributed by atoms with E-state index in [4.69, 9.17) is 9.47 Å². The summed E-state index contributed by atoms with van der Waals surface area (Å²) in [6.45, 7) is 8.91. The van der Waals surface area contributed by atoms with Gasteiger partial charge in [-0.25, -0.2) is 0 Å². The molecule has 0 aliphatic rings. The fraction of sp³-hybridized carbons (Fsp3) is 0.632. The summed E-state index contributed by atoms with van der Waals surface area (Å²) >= 11 is 0. The molecule has 0 aliphatic heterocycles. The first-order valence-electron chi connectivity index (χ1n) is 8.84.